The van der Waals surface area contributed by atoms with Crippen LogP contribution in [-0.4, -0.2) is 29.5 Å². The number of hydrogen-bond acceptors (Lipinski definition) is 4. The topological polar surface area (TPSA) is 68.3 Å². The number of ether oxygens (including phenoxy) is 1. The monoisotopic (exact) mass is 394 g/mol. The summed E-state index contributed by atoms with van der Waals surface area (Å²) in [5.74, 6) is 0.421. The van der Waals surface area contributed by atoms with Crippen LogP contribution < -0.4 is 5.32 Å². The number of aryl methyl sites for hydroxylation is 1. The van der Waals surface area contributed by atoms with E-state index < -0.39 is 5.97 Å². The van der Waals surface area contributed by atoms with Crippen LogP contribution in [-0.2, 0) is 22.4 Å². The maximum Gasteiger partial charge on any atom is 0.339 e. The van der Waals surface area contributed by atoms with Gasteiger partial charge in [0.05, 0.1) is 11.1 Å². The maximum atomic E-state index is 13.0. The van der Waals surface area contributed by atoms with Gasteiger partial charge in [-0.25, -0.2) is 4.79 Å². The molecule has 5 nitrogen and oxygen atoms in total. The predicted molar refractivity (Wildman–Crippen MR) is 113 cm³/mol. The molecule has 4 rings (SSSR count). The zero-order valence-electron chi connectivity index (χ0n) is 17.4. The Morgan fingerprint density at radius 1 is 1.10 bits per heavy atom. The van der Waals surface area contributed by atoms with Crippen LogP contribution in [0.3, 0.4) is 0 Å². The number of nitrogens with zero attached hydrogens (tertiary/aromatic N) is 1. The summed E-state index contributed by atoms with van der Waals surface area (Å²) in [5.41, 5.74) is 3.40. The van der Waals surface area contributed by atoms with E-state index in [0.717, 1.165) is 60.7 Å². The molecule has 29 heavy (non-hydrogen) atoms. The summed E-state index contributed by atoms with van der Waals surface area (Å²) in [6, 6.07) is 7.85. The molecular formula is C24H30N2O3. The fourth-order valence-electron chi connectivity index (χ4n) is 4.84. The summed E-state index contributed by atoms with van der Waals surface area (Å²) in [7, 11) is 0. The van der Waals surface area contributed by atoms with Crippen LogP contribution in [0.4, 0.5) is 0 Å². The first-order chi connectivity index (χ1) is 14.0. The number of carbonyl (C=O) groups is 2. The summed E-state index contributed by atoms with van der Waals surface area (Å²) in [6.07, 6.45) is 7.19. The van der Waals surface area contributed by atoms with E-state index in [1.807, 2.05) is 24.3 Å². The van der Waals surface area contributed by atoms with E-state index in [1.54, 1.807) is 0 Å². The minimum Gasteiger partial charge on any atom is -0.452 e. The Hall–Kier alpha value is -2.43. The zero-order valence-corrected chi connectivity index (χ0v) is 17.4. The molecule has 1 heterocycles. The van der Waals surface area contributed by atoms with Crippen molar-refractivity contribution in [3.8, 4) is 0 Å². The third kappa shape index (κ3) is 4.14. The standard InChI is InChI=1S/C24H30N2O3/c1-15-8-7-13-19(16(15)2)26-22(27)14-29-24(28)23-17-9-3-5-11-20(17)25-21-12-6-4-10-18(21)23/h3,5,9,11,15-16,19H,4,6-8,10,12-14H2,1-2H3,(H,26,27)/t15-,16+,19-/m0/s1. The molecule has 154 valence electrons. The number of rotatable bonds is 4. The van der Waals surface area contributed by atoms with Crippen molar-refractivity contribution in [3.05, 3.63) is 41.1 Å². The van der Waals surface area contributed by atoms with Crippen LogP contribution in [0.1, 0.15) is 67.6 Å². The van der Waals surface area contributed by atoms with Crippen LogP contribution in [0.2, 0.25) is 0 Å². The van der Waals surface area contributed by atoms with Gasteiger partial charge in [-0.2, -0.15) is 0 Å². The number of pyridine rings is 1. The van der Waals surface area contributed by atoms with Gasteiger partial charge in [0.1, 0.15) is 0 Å². The number of esters is 1. The summed E-state index contributed by atoms with van der Waals surface area (Å²) >= 11 is 0. The molecule has 1 saturated carbocycles. The van der Waals surface area contributed by atoms with Gasteiger partial charge in [-0.3, -0.25) is 9.78 Å². The van der Waals surface area contributed by atoms with Gasteiger partial charge in [0, 0.05) is 17.1 Å². The summed E-state index contributed by atoms with van der Waals surface area (Å²) in [4.78, 5) is 30.2. The van der Waals surface area contributed by atoms with Crippen molar-refractivity contribution in [2.45, 2.75) is 64.8 Å². The van der Waals surface area contributed by atoms with Crippen LogP contribution >= 0.6 is 0 Å². The summed E-state index contributed by atoms with van der Waals surface area (Å²) in [6.45, 7) is 4.19. The Morgan fingerprint density at radius 3 is 2.76 bits per heavy atom. The van der Waals surface area contributed by atoms with Crippen LogP contribution in [0.15, 0.2) is 24.3 Å². The van der Waals surface area contributed by atoms with Crippen molar-refractivity contribution in [2.24, 2.45) is 11.8 Å². The second-order valence-electron chi connectivity index (χ2n) is 8.65. The highest BCUT2D eigenvalue weighted by Crippen LogP contribution is 2.31. The predicted octanol–water partition coefficient (Wildman–Crippen LogP) is 4.21. The minimum atomic E-state index is -0.415. The van der Waals surface area contributed by atoms with E-state index in [4.69, 9.17) is 9.72 Å². The third-order valence-electron chi connectivity index (χ3n) is 6.76. The Balaban J connectivity index is 1.49. The molecular weight excluding hydrogens is 364 g/mol. The first kappa shape index (κ1) is 19.9. The lowest BCUT2D eigenvalue weighted by molar-refractivity contribution is -0.125. The summed E-state index contributed by atoms with van der Waals surface area (Å²) in [5, 5.41) is 3.89. The fourth-order valence-corrected chi connectivity index (χ4v) is 4.84. The number of amides is 1. The highest BCUT2D eigenvalue weighted by molar-refractivity contribution is 6.05. The number of fused-ring (bicyclic) bond motifs is 2. The molecule has 1 aromatic carbocycles. The van der Waals surface area contributed by atoms with Crippen LogP contribution in [0.5, 0.6) is 0 Å². The molecule has 0 saturated heterocycles. The number of nitrogens with one attached hydrogen (secondary N) is 1. The van der Waals surface area contributed by atoms with Gasteiger partial charge in [0.15, 0.2) is 6.61 Å². The van der Waals surface area contributed by atoms with Crippen LogP contribution in [0, 0.1) is 11.8 Å². The summed E-state index contributed by atoms with van der Waals surface area (Å²) < 4.78 is 5.49. The number of hydrogen-bond donors (Lipinski definition) is 1. The molecule has 5 heteroatoms. The number of para-hydroxylation sites is 1. The van der Waals surface area contributed by atoms with Crippen LogP contribution in [0.25, 0.3) is 10.9 Å². The Kier molecular flexibility index (Phi) is 5.84. The van der Waals surface area contributed by atoms with Crippen molar-refractivity contribution in [1.82, 2.24) is 10.3 Å². The Morgan fingerprint density at radius 2 is 1.90 bits per heavy atom. The first-order valence-electron chi connectivity index (χ1n) is 10.9. The molecule has 2 aliphatic rings. The SMILES string of the molecule is C[C@H]1[C@@H](NC(=O)COC(=O)c2c3c(nc4ccccc24)CCCC3)CCC[C@@H]1C. The first-order valence-corrected chi connectivity index (χ1v) is 10.9. The molecule has 3 atom stereocenters. The molecule has 1 aromatic heterocycles. The molecule has 2 aliphatic carbocycles. The van der Waals surface area contributed by atoms with Gasteiger partial charge < -0.3 is 10.1 Å². The Bertz CT molecular complexity index is 924. The highest BCUT2D eigenvalue weighted by Gasteiger charge is 2.29. The molecule has 1 fully saturated rings. The number of aromatic nitrogens is 1. The van der Waals surface area contributed by atoms with E-state index >= 15 is 0 Å². The number of carbonyl (C=O) groups excluding carboxylic acids is 2. The normalized spacial score (nSPS) is 24.0. The minimum absolute atomic E-state index is 0.166. The highest BCUT2D eigenvalue weighted by atomic mass is 16.5. The number of benzene rings is 1. The van der Waals surface area contributed by atoms with Gasteiger partial charge in [-0.1, -0.05) is 44.9 Å². The maximum absolute atomic E-state index is 13.0. The lowest BCUT2D eigenvalue weighted by Crippen LogP contribution is -2.45. The fraction of sp³-hybridized carbons (Fsp3) is 0.542. The van der Waals surface area contributed by atoms with E-state index in [2.05, 4.69) is 19.2 Å². The second kappa shape index (κ2) is 8.52. The second-order valence-corrected chi connectivity index (χ2v) is 8.65. The molecule has 0 spiro atoms. The molecule has 0 aliphatic heterocycles. The average molecular weight is 395 g/mol. The van der Waals surface area contributed by atoms with Crippen molar-refractivity contribution >= 4 is 22.8 Å². The lowest BCUT2D eigenvalue weighted by atomic mass is 9.78. The Labute approximate surface area is 172 Å². The van der Waals surface area contributed by atoms with Gasteiger partial charge in [0.2, 0.25) is 0 Å². The van der Waals surface area contributed by atoms with E-state index in [0.29, 0.717) is 17.4 Å². The average Bonchev–Trinajstić information content (AvgIpc) is 2.73. The smallest absolute Gasteiger partial charge is 0.339 e. The van der Waals surface area contributed by atoms with Crippen molar-refractivity contribution < 1.29 is 14.3 Å². The zero-order chi connectivity index (χ0) is 20.4. The van der Waals surface area contributed by atoms with E-state index in [1.165, 1.54) is 6.42 Å². The third-order valence-corrected chi connectivity index (χ3v) is 6.76. The van der Waals surface area contributed by atoms with Crippen molar-refractivity contribution in [1.29, 1.82) is 0 Å². The molecule has 2 aromatic rings. The molecule has 0 unspecified atom stereocenters. The van der Waals surface area contributed by atoms with Gasteiger partial charge >= 0.3 is 5.97 Å². The quantitative estimate of drug-likeness (QED) is 0.789. The molecule has 0 radical (unpaired) electrons. The van der Waals surface area contributed by atoms with Gasteiger partial charge in [-0.05, 0) is 55.6 Å². The van der Waals surface area contributed by atoms with Crippen molar-refractivity contribution in [2.75, 3.05) is 6.61 Å². The molecule has 1 amide bonds. The van der Waals surface area contributed by atoms with Gasteiger partial charge in [0.25, 0.3) is 5.91 Å². The lowest BCUT2D eigenvalue weighted by Gasteiger charge is -2.34. The van der Waals surface area contributed by atoms with Gasteiger partial charge in [-0.15, -0.1) is 0 Å². The molecule has 0 bridgehead atoms. The van der Waals surface area contributed by atoms with Crippen molar-refractivity contribution in [3.63, 3.8) is 0 Å². The van der Waals surface area contributed by atoms with E-state index in [9.17, 15) is 9.59 Å². The molecule has 1 N–H and O–H groups in total. The largest absolute Gasteiger partial charge is 0.452 e. The van der Waals surface area contributed by atoms with E-state index in [-0.39, 0.29) is 18.6 Å².